The topological polar surface area (TPSA) is 25.4 Å². The number of aryl methyl sites for hydroxylation is 1. The molecule has 0 bridgehead atoms. The molecule has 0 amide bonds. The third-order valence-corrected chi connectivity index (χ3v) is 2.65. The van der Waals surface area contributed by atoms with Gasteiger partial charge in [0.1, 0.15) is 0 Å². The Balaban J connectivity index is 1.99. The van der Waals surface area contributed by atoms with Crippen molar-refractivity contribution in [2.45, 2.75) is 13.5 Å². The fraction of sp³-hybridized carbons (Fsp3) is 0.545. The lowest BCUT2D eigenvalue weighted by atomic mass is 10.1. The summed E-state index contributed by atoms with van der Waals surface area (Å²) in [5.41, 5.74) is 2.65. The van der Waals surface area contributed by atoms with Crippen molar-refractivity contribution in [1.29, 1.82) is 0 Å². The summed E-state index contributed by atoms with van der Waals surface area (Å²) < 4.78 is 5.31. The molecule has 1 aromatic rings. The molecule has 1 aliphatic rings. The van der Waals surface area contributed by atoms with Crippen molar-refractivity contribution < 1.29 is 4.74 Å². The first-order valence-corrected chi connectivity index (χ1v) is 5.06. The lowest BCUT2D eigenvalue weighted by molar-refractivity contribution is 0.0340. The molecule has 0 radical (unpaired) electrons. The number of hydrogen-bond donors (Lipinski definition) is 0. The van der Waals surface area contributed by atoms with E-state index >= 15 is 0 Å². The Morgan fingerprint density at radius 3 is 2.93 bits per heavy atom. The summed E-state index contributed by atoms with van der Waals surface area (Å²) in [6.45, 7) is 6.93. The number of morpholine rings is 1. The second-order valence-corrected chi connectivity index (χ2v) is 3.69. The molecule has 2 rings (SSSR count). The molecule has 76 valence electrons. The largest absolute Gasteiger partial charge is 0.379 e. The number of hydrogen-bond acceptors (Lipinski definition) is 3. The van der Waals surface area contributed by atoms with Gasteiger partial charge in [-0.05, 0) is 24.1 Å². The molecule has 14 heavy (non-hydrogen) atoms. The van der Waals surface area contributed by atoms with Crippen molar-refractivity contribution in [3.63, 3.8) is 0 Å². The summed E-state index contributed by atoms with van der Waals surface area (Å²) in [6, 6.07) is 2.07. The molecule has 0 atom stereocenters. The second-order valence-electron chi connectivity index (χ2n) is 3.69. The number of nitrogens with zero attached hydrogens (tertiary/aromatic N) is 2. The summed E-state index contributed by atoms with van der Waals surface area (Å²) in [6.07, 6.45) is 3.81. The summed E-state index contributed by atoms with van der Waals surface area (Å²) >= 11 is 0. The van der Waals surface area contributed by atoms with Gasteiger partial charge in [-0.3, -0.25) is 9.88 Å². The van der Waals surface area contributed by atoms with E-state index in [1.165, 1.54) is 11.1 Å². The van der Waals surface area contributed by atoms with E-state index in [4.69, 9.17) is 4.74 Å². The number of rotatable bonds is 2. The van der Waals surface area contributed by atoms with Gasteiger partial charge < -0.3 is 4.74 Å². The number of aromatic nitrogens is 1. The molecule has 1 aromatic heterocycles. The molecule has 0 aromatic carbocycles. The van der Waals surface area contributed by atoms with Crippen molar-refractivity contribution in [2.75, 3.05) is 26.3 Å². The summed E-state index contributed by atoms with van der Waals surface area (Å²) in [5, 5.41) is 0. The zero-order valence-electron chi connectivity index (χ0n) is 8.57. The fourth-order valence-corrected chi connectivity index (χ4v) is 1.66. The standard InChI is InChI=1S/C11H16N2O/c1-10-2-3-12-8-11(10)9-13-4-6-14-7-5-13/h2-3,8H,4-7,9H2,1H3. The quantitative estimate of drug-likeness (QED) is 0.704. The van der Waals surface area contributed by atoms with Crippen LogP contribution in [0.1, 0.15) is 11.1 Å². The molecule has 0 spiro atoms. The highest BCUT2D eigenvalue weighted by molar-refractivity contribution is 5.21. The highest BCUT2D eigenvalue weighted by Crippen LogP contribution is 2.09. The van der Waals surface area contributed by atoms with Gasteiger partial charge in [0, 0.05) is 32.0 Å². The summed E-state index contributed by atoms with van der Waals surface area (Å²) in [4.78, 5) is 6.56. The van der Waals surface area contributed by atoms with Crippen LogP contribution in [0, 0.1) is 6.92 Å². The van der Waals surface area contributed by atoms with E-state index in [0.29, 0.717) is 0 Å². The van der Waals surface area contributed by atoms with Crippen LogP contribution in [0.15, 0.2) is 18.5 Å². The minimum atomic E-state index is 0.860. The Labute approximate surface area is 84.7 Å². The molecule has 0 unspecified atom stereocenters. The van der Waals surface area contributed by atoms with E-state index in [2.05, 4.69) is 22.9 Å². The average Bonchev–Trinajstić information content (AvgIpc) is 2.23. The lowest BCUT2D eigenvalue weighted by Gasteiger charge is -2.26. The van der Waals surface area contributed by atoms with Crippen LogP contribution < -0.4 is 0 Å². The van der Waals surface area contributed by atoms with Crippen molar-refractivity contribution in [3.8, 4) is 0 Å². The maximum Gasteiger partial charge on any atom is 0.0594 e. The van der Waals surface area contributed by atoms with E-state index < -0.39 is 0 Å². The molecule has 0 saturated carbocycles. The third kappa shape index (κ3) is 2.30. The Morgan fingerprint density at radius 2 is 2.21 bits per heavy atom. The van der Waals surface area contributed by atoms with Gasteiger partial charge in [0.15, 0.2) is 0 Å². The van der Waals surface area contributed by atoms with Crippen LogP contribution in [0.3, 0.4) is 0 Å². The molecule has 1 aliphatic heterocycles. The summed E-state index contributed by atoms with van der Waals surface area (Å²) in [5.74, 6) is 0. The van der Waals surface area contributed by atoms with Crippen molar-refractivity contribution in [3.05, 3.63) is 29.6 Å². The average molecular weight is 192 g/mol. The normalized spacial score (nSPS) is 18.4. The van der Waals surface area contributed by atoms with Gasteiger partial charge in [-0.15, -0.1) is 0 Å². The van der Waals surface area contributed by atoms with Gasteiger partial charge in [0.2, 0.25) is 0 Å². The van der Waals surface area contributed by atoms with Crippen LogP contribution >= 0.6 is 0 Å². The molecule has 3 heteroatoms. The van der Waals surface area contributed by atoms with Crippen LogP contribution in [0.4, 0.5) is 0 Å². The Bertz CT molecular complexity index is 295. The second kappa shape index (κ2) is 4.53. The third-order valence-electron chi connectivity index (χ3n) is 2.65. The van der Waals surface area contributed by atoms with Crippen LogP contribution in [-0.4, -0.2) is 36.2 Å². The first-order chi connectivity index (χ1) is 6.86. The SMILES string of the molecule is Cc1ccncc1CN1CCOCC1. The molecule has 1 saturated heterocycles. The Kier molecular flexibility index (Phi) is 3.11. The Hall–Kier alpha value is -0.930. The molecule has 2 heterocycles. The maximum absolute atomic E-state index is 5.31. The smallest absolute Gasteiger partial charge is 0.0594 e. The molecule has 0 N–H and O–H groups in total. The number of ether oxygens (including phenoxy) is 1. The maximum atomic E-state index is 5.31. The highest BCUT2D eigenvalue weighted by atomic mass is 16.5. The van der Waals surface area contributed by atoms with Crippen LogP contribution in [0.2, 0.25) is 0 Å². The fourth-order valence-electron chi connectivity index (χ4n) is 1.66. The van der Waals surface area contributed by atoms with E-state index in [-0.39, 0.29) is 0 Å². The van der Waals surface area contributed by atoms with E-state index in [1.54, 1.807) is 0 Å². The van der Waals surface area contributed by atoms with Gasteiger partial charge in [0.05, 0.1) is 13.2 Å². The minimum absolute atomic E-state index is 0.860. The van der Waals surface area contributed by atoms with Crippen molar-refractivity contribution in [1.82, 2.24) is 9.88 Å². The monoisotopic (exact) mass is 192 g/mol. The van der Waals surface area contributed by atoms with E-state index in [0.717, 1.165) is 32.8 Å². The molecule has 1 fully saturated rings. The van der Waals surface area contributed by atoms with E-state index in [1.807, 2.05) is 12.4 Å². The van der Waals surface area contributed by atoms with Gasteiger partial charge in [-0.25, -0.2) is 0 Å². The lowest BCUT2D eigenvalue weighted by Crippen LogP contribution is -2.35. The van der Waals surface area contributed by atoms with Crippen LogP contribution in [0.5, 0.6) is 0 Å². The number of pyridine rings is 1. The van der Waals surface area contributed by atoms with Gasteiger partial charge in [-0.2, -0.15) is 0 Å². The predicted molar refractivity (Wildman–Crippen MR) is 55.1 cm³/mol. The summed E-state index contributed by atoms with van der Waals surface area (Å²) in [7, 11) is 0. The molecule has 0 aliphatic carbocycles. The molecular weight excluding hydrogens is 176 g/mol. The minimum Gasteiger partial charge on any atom is -0.379 e. The van der Waals surface area contributed by atoms with Crippen LogP contribution in [0.25, 0.3) is 0 Å². The van der Waals surface area contributed by atoms with Crippen molar-refractivity contribution >= 4 is 0 Å². The van der Waals surface area contributed by atoms with Crippen molar-refractivity contribution in [2.24, 2.45) is 0 Å². The molecule has 3 nitrogen and oxygen atoms in total. The zero-order chi connectivity index (χ0) is 9.80. The Morgan fingerprint density at radius 1 is 1.43 bits per heavy atom. The molecular formula is C11H16N2O. The predicted octanol–water partition coefficient (Wildman–Crippen LogP) is 1.22. The first-order valence-electron chi connectivity index (χ1n) is 5.06. The highest BCUT2D eigenvalue weighted by Gasteiger charge is 2.11. The van der Waals surface area contributed by atoms with Crippen LogP contribution in [-0.2, 0) is 11.3 Å². The van der Waals surface area contributed by atoms with E-state index in [9.17, 15) is 0 Å². The zero-order valence-corrected chi connectivity index (χ0v) is 8.57. The van der Waals surface area contributed by atoms with Gasteiger partial charge in [0.25, 0.3) is 0 Å². The first kappa shape index (κ1) is 9.62. The van der Waals surface area contributed by atoms with Gasteiger partial charge >= 0.3 is 0 Å². The van der Waals surface area contributed by atoms with Gasteiger partial charge in [-0.1, -0.05) is 0 Å².